The first-order chi connectivity index (χ1) is 9.58. The third kappa shape index (κ3) is 3.34. The van der Waals surface area contributed by atoms with E-state index in [9.17, 15) is 4.79 Å². The lowest BCUT2D eigenvalue weighted by atomic mass is 9.75. The van der Waals surface area contributed by atoms with Gasteiger partial charge in [0, 0.05) is 13.1 Å². The first-order valence-corrected chi connectivity index (χ1v) is 8.30. The van der Waals surface area contributed by atoms with E-state index in [0.29, 0.717) is 11.8 Å². The van der Waals surface area contributed by atoms with Crippen molar-refractivity contribution in [3.63, 3.8) is 0 Å². The lowest BCUT2D eigenvalue weighted by molar-refractivity contribution is -0.132. The summed E-state index contributed by atoms with van der Waals surface area (Å²) >= 11 is 0. The van der Waals surface area contributed by atoms with E-state index in [-0.39, 0.29) is 11.3 Å². The van der Waals surface area contributed by atoms with E-state index >= 15 is 0 Å². The Morgan fingerprint density at radius 2 is 2.10 bits per heavy atom. The summed E-state index contributed by atoms with van der Waals surface area (Å²) in [5.74, 6) is 1.34. The van der Waals surface area contributed by atoms with Crippen molar-refractivity contribution in [2.24, 2.45) is 17.3 Å². The Morgan fingerprint density at radius 1 is 1.40 bits per heavy atom. The molecule has 1 atom stereocenters. The van der Waals surface area contributed by atoms with Crippen molar-refractivity contribution in [3.05, 3.63) is 0 Å². The molecule has 1 unspecified atom stereocenters. The van der Waals surface area contributed by atoms with Crippen molar-refractivity contribution in [2.75, 3.05) is 39.3 Å². The van der Waals surface area contributed by atoms with E-state index in [0.717, 1.165) is 32.6 Å². The number of rotatable bonds is 5. The molecule has 1 amide bonds. The van der Waals surface area contributed by atoms with Crippen LogP contribution in [-0.4, -0.2) is 50.1 Å². The van der Waals surface area contributed by atoms with E-state index in [1.165, 1.54) is 25.9 Å². The summed E-state index contributed by atoms with van der Waals surface area (Å²) in [6.45, 7) is 12.8. The van der Waals surface area contributed by atoms with Gasteiger partial charge in [0.15, 0.2) is 0 Å². The third-order valence-corrected chi connectivity index (χ3v) is 5.45. The predicted molar refractivity (Wildman–Crippen MR) is 82.6 cm³/mol. The normalized spacial score (nSPS) is 29.0. The molecule has 2 saturated heterocycles. The van der Waals surface area contributed by atoms with Gasteiger partial charge < -0.3 is 15.5 Å². The lowest BCUT2D eigenvalue weighted by Gasteiger charge is -2.34. The zero-order valence-electron chi connectivity index (χ0n) is 13.4. The number of hydrogen-bond acceptors (Lipinski definition) is 3. The molecule has 0 aromatic rings. The number of carbonyl (C=O) groups is 1. The standard InChI is InChI=1S/C16H31N3O/c1-4-19-9-5-14(6-10-19)11-18-15(20)16(13(2)3)7-8-17-12-16/h13-14,17H,4-12H2,1-3H3,(H,18,20). The molecule has 4 nitrogen and oxygen atoms in total. The summed E-state index contributed by atoms with van der Waals surface area (Å²) < 4.78 is 0. The van der Waals surface area contributed by atoms with Crippen molar-refractivity contribution in [1.82, 2.24) is 15.5 Å². The molecule has 2 aliphatic heterocycles. The number of hydrogen-bond donors (Lipinski definition) is 2. The summed E-state index contributed by atoms with van der Waals surface area (Å²) in [6, 6.07) is 0. The van der Waals surface area contributed by atoms with E-state index in [1.54, 1.807) is 0 Å². The van der Waals surface area contributed by atoms with E-state index in [1.807, 2.05) is 0 Å². The lowest BCUT2D eigenvalue weighted by Crippen LogP contribution is -2.48. The van der Waals surface area contributed by atoms with Gasteiger partial charge >= 0.3 is 0 Å². The van der Waals surface area contributed by atoms with Crippen LogP contribution in [0.4, 0.5) is 0 Å². The van der Waals surface area contributed by atoms with Crippen molar-refractivity contribution in [1.29, 1.82) is 0 Å². The van der Waals surface area contributed by atoms with Gasteiger partial charge in [-0.25, -0.2) is 0 Å². The number of carbonyl (C=O) groups excluding carboxylic acids is 1. The summed E-state index contributed by atoms with van der Waals surface area (Å²) in [5.41, 5.74) is -0.176. The minimum atomic E-state index is -0.176. The maximum atomic E-state index is 12.6. The molecule has 0 spiro atoms. The zero-order valence-corrected chi connectivity index (χ0v) is 13.4. The van der Waals surface area contributed by atoms with Crippen LogP contribution in [-0.2, 0) is 4.79 Å². The fourth-order valence-corrected chi connectivity index (χ4v) is 3.58. The second-order valence-electron chi connectivity index (χ2n) is 6.83. The molecule has 0 aliphatic carbocycles. The molecule has 2 heterocycles. The SMILES string of the molecule is CCN1CCC(CNC(=O)C2(C(C)C)CCNC2)CC1. The fraction of sp³-hybridized carbons (Fsp3) is 0.938. The van der Waals surface area contributed by atoms with Gasteiger partial charge in [0.1, 0.15) is 0 Å². The maximum Gasteiger partial charge on any atom is 0.227 e. The molecular weight excluding hydrogens is 250 g/mol. The van der Waals surface area contributed by atoms with Crippen LogP contribution in [0.15, 0.2) is 0 Å². The minimum Gasteiger partial charge on any atom is -0.355 e. The topological polar surface area (TPSA) is 44.4 Å². The van der Waals surface area contributed by atoms with Gasteiger partial charge in [-0.15, -0.1) is 0 Å². The van der Waals surface area contributed by atoms with Crippen molar-refractivity contribution in [3.8, 4) is 0 Å². The van der Waals surface area contributed by atoms with Gasteiger partial charge in [0.05, 0.1) is 5.41 Å². The molecule has 2 N–H and O–H groups in total. The number of amides is 1. The van der Waals surface area contributed by atoms with Crippen LogP contribution in [0.3, 0.4) is 0 Å². The molecule has 2 aliphatic rings. The van der Waals surface area contributed by atoms with Gasteiger partial charge in [-0.2, -0.15) is 0 Å². The van der Waals surface area contributed by atoms with Crippen LogP contribution in [0, 0.1) is 17.3 Å². The van der Waals surface area contributed by atoms with Gasteiger partial charge in [0.2, 0.25) is 5.91 Å². The Morgan fingerprint density at radius 3 is 2.60 bits per heavy atom. The molecule has 116 valence electrons. The van der Waals surface area contributed by atoms with Crippen molar-refractivity contribution in [2.45, 2.75) is 40.0 Å². The molecule has 0 bridgehead atoms. The highest BCUT2D eigenvalue weighted by molar-refractivity contribution is 5.83. The van der Waals surface area contributed by atoms with E-state index in [2.05, 4.69) is 36.3 Å². The molecular formula is C16H31N3O. The molecule has 20 heavy (non-hydrogen) atoms. The molecule has 0 aromatic heterocycles. The minimum absolute atomic E-state index is 0.176. The number of likely N-dealkylation sites (tertiary alicyclic amines) is 1. The van der Waals surface area contributed by atoms with E-state index < -0.39 is 0 Å². The van der Waals surface area contributed by atoms with Crippen LogP contribution in [0.5, 0.6) is 0 Å². The Hall–Kier alpha value is -0.610. The molecule has 0 saturated carbocycles. The molecule has 2 fully saturated rings. The Kier molecular flexibility index (Phi) is 5.44. The second kappa shape index (κ2) is 6.90. The number of nitrogens with zero attached hydrogens (tertiary/aromatic N) is 1. The van der Waals surface area contributed by atoms with Crippen molar-refractivity contribution < 1.29 is 4.79 Å². The predicted octanol–water partition coefficient (Wildman–Crippen LogP) is 1.47. The third-order valence-electron chi connectivity index (χ3n) is 5.45. The van der Waals surface area contributed by atoms with Crippen LogP contribution in [0.2, 0.25) is 0 Å². The first-order valence-electron chi connectivity index (χ1n) is 8.30. The van der Waals surface area contributed by atoms with Crippen LogP contribution in [0.1, 0.15) is 40.0 Å². The number of piperidine rings is 1. The first kappa shape index (κ1) is 15.8. The average Bonchev–Trinajstić information content (AvgIpc) is 2.96. The Bertz CT molecular complexity index is 316. The van der Waals surface area contributed by atoms with E-state index in [4.69, 9.17) is 0 Å². The fourth-order valence-electron chi connectivity index (χ4n) is 3.58. The van der Waals surface area contributed by atoms with Gasteiger partial charge in [0.25, 0.3) is 0 Å². The molecule has 4 heteroatoms. The largest absolute Gasteiger partial charge is 0.355 e. The Balaban J connectivity index is 1.80. The summed E-state index contributed by atoms with van der Waals surface area (Å²) in [7, 11) is 0. The molecule has 2 rings (SSSR count). The highest BCUT2D eigenvalue weighted by atomic mass is 16.2. The highest BCUT2D eigenvalue weighted by Gasteiger charge is 2.43. The molecule has 0 aromatic carbocycles. The quantitative estimate of drug-likeness (QED) is 0.802. The second-order valence-corrected chi connectivity index (χ2v) is 6.83. The Labute approximate surface area is 123 Å². The van der Waals surface area contributed by atoms with Crippen LogP contribution >= 0.6 is 0 Å². The molecule has 0 radical (unpaired) electrons. The van der Waals surface area contributed by atoms with Crippen LogP contribution in [0.25, 0.3) is 0 Å². The van der Waals surface area contributed by atoms with Gasteiger partial charge in [-0.05, 0) is 57.3 Å². The monoisotopic (exact) mass is 281 g/mol. The van der Waals surface area contributed by atoms with Gasteiger partial charge in [-0.3, -0.25) is 4.79 Å². The summed E-state index contributed by atoms with van der Waals surface area (Å²) in [5, 5.41) is 6.61. The maximum absolute atomic E-state index is 12.6. The summed E-state index contributed by atoms with van der Waals surface area (Å²) in [6.07, 6.45) is 3.42. The average molecular weight is 281 g/mol. The van der Waals surface area contributed by atoms with Crippen LogP contribution < -0.4 is 10.6 Å². The highest BCUT2D eigenvalue weighted by Crippen LogP contribution is 2.34. The zero-order chi connectivity index (χ0) is 14.6. The van der Waals surface area contributed by atoms with Gasteiger partial charge in [-0.1, -0.05) is 20.8 Å². The summed E-state index contributed by atoms with van der Waals surface area (Å²) in [4.78, 5) is 15.1. The smallest absolute Gasteiger partial charge is 0.227 e. The number of nitrogens with one attached hydrogen (secondary N) is 2. The van der Waals surface area contributed by atoms with Crippen molar-refractivity contribution >= 4 is 5.91 Å².